The van der Waals surface area contributed by atoms with Gasteiger partial charge in [-0.1, -0.05) is 0 Å². The van der Waals surface area contributed by atoms with Crippen LogP contribution in [0.2, 0.25) is 0 Å². The molecule has 0 atom stereocenters. The summed E-state index contributed by atoms with van der Waals surface area (Å²) in [6.07, 6.45) is 0. The van der Waals surface area contributed by atoms with Gasteiger partial charge >= 0.3 is 0 Å². The molecule has 0 amide bonds. The van der Waals surface area contributed by atoms with Crippen molar-refractivity contribution in [1.82, 2.24) is 20.1 Å². The number of aromatic nitrogens is 1. The van der Waals surface area contributed by atoms with Gasteiger partial charge in [-0.2, -0.15) is 0 Å². The molecular formula is C11H22N4S. The summed E-state index contributed by atoms with van der Waals surface area (Å²) >= 11 is 1.73. The number of likely N-dealkylation sites (N-methyl/N-ethyl adjacent to an activating group) is 2. The van der Waals surface area contributed by atoms with Crippen LogP contribution >= 0.6 is 11.3 Å². The molecule has 4 nitrogen and oxygen atoms in total. The highest BCUT2D eigenvalue weighted by Crippen LogP contribution is 2.10. The Kier molecular flexibility index (Phi) is 5.90. The number of hydrogen-bond donors (Lipinski definition) is 1. The Morgan fingerprint density at radius 2 is 2.06 bits per heavy atom. The molecule has 0 fully saturated rings. The van der Waals surface area contributed by atoms with Gasteiger partial charge in [-0.15, -0.1) is 11.3 Å². The van der Waals surface area contributed by atoms with Crippen molar-refractivity contribution in [2.24, 2.45) is 0 Å². The van der Waals surface area contributed by atoms with Crippen molar-refractivity contribution in [3.8, 4) is 0 Å². The molecule has 1 rings (SSSR count). The summed E-state index contributed by atoms with van der Waals surface area (Å²) in [5.41, 5.74) is 1.18. The van der Waals surface area contributed by atoms with Crippen LogP contribution < -0.4 is 5.32 Å². The first-order valence-corrected chi connectivity index (χ1v) is 6.41. The number of thiazole rings is 1. The summed E-state index contributed by atoms with van der Waals surface area (Å²) < 4.78 is 0. The maximum absolute atomic E-state index is 4.57. The van der Waals surface area contributed by atoms with Crippen LogP contribution in [0.25, 0.3) is 0 Å². The Morgan fingerprint density at radius 3 is 2.69 bits per heavy atom. The molecule has 0 radical (unpaired) electrons. The summed E-state index contributed by atoms with van der Waals surface area (Å²) in [5, 5.41) is 6.44. The maximum Gasteiger partial charge on any atom is 0.107 e. The maximum atomic E-state index is 4.57. The SMILES string of the molecule is CNCc1nc(CN(C)CCN(C)C)cs1. The first-order chi connectivity index (χ1) is 7.61. The van der Waals surface area contributed by atoms with E-state index in [2.05, 4.69) is 46.6 Å². The van der Waals surface area contributed by atoms with E-state index in [0.29, 0.717) is 0 Å². The van der Waals surface area contributed by atoms with E-state index in [1.54, 1.807) is 11.3 Å². The van der Waals surface area contributed by atoms with E-state index in [9.17, 15) is 0 Å². The van der Waals surface area contributed by atoms with E-state index < -0.39 is 0 Å². The Balaban J connectivity index is 2.34. The largest absolute Gasteiger partial charge is 0.314 e. The van der Waals surface area contributed by atoms with Crippen LogP contribution in [0, 0.1) is 0 Å². The molecular weight excluding hydrogens is 220 g/mol. The van der Waals surface area contributed by atoms with E-state index in [-0.39, 0.29) is 0 Å². The molecule has 0 aromatic carbocycles. The molecule has 1 aromatic rings. The number of nitrogens with zero attached hydrogens (tertiary/aromatic N) is 3. The fourth-order valence-corrected chi connectivity index (χ4v) is 2.18. The van der Waals surface area contributed by atoms with Gasteiger partial charge in [-0.3, -0.25) is 4.90 Å². The summed E-state index contributed by atoms with van der Waals surface area (Å²) in [5.74, 6) is 0. The van der Waals surface area contributed by atoms with Crippen LogP contribution in [0.15, 0.2) is 5.38 Å². The van der Waals surface area contributed by atoms with E-state index >= 15 is 0 Å². The topological polar surface area (TPSA) is 31.4 Å². The summed E-state index contributed by atoms with van der Waals surface area (Å²) in [6.45, 7) is 3.97. The Labute approximate surface area is 102 Å². The molecule has 0 aliphatic heterocycles. The lowest BCUT2D eigenvalue weighted by Gasteiger charge is -2.18. The van der Waals surface area contributed by atoms with Crippen molar-refractivity contribution in [2.45, 2.75) is 13.1 Å². The molecule has 0 aliphatic rings. The average Bonchev–Trinajstić information content (AvgIpc) is 2.63. The highest BCUT2D eigenvalue weighted by molar-refractivity contribution is 7.09. The van der Waals surface area contributed by atoms with E-state index in [1.165, 1.54) is 10.7 Å². The lowest BCUT2D eigenvalue weighted by molar-refractivity contribution is 0.274. The lowest BCUT2D eigenvalue weighted by atomic mass is 10.4. The average molecular weight is 242 g/mol. The quantitative estimate of drug-likeness (QED) is 0.768. The third-order valence-corrected chi connectivity index (χ3v) is 3.19. The monoisotopic (exact) mass is 242 g/mol. The fraction of sp³-hybridized carbons (Fsp3) is 0.727. The molecule has 0 saturated heterocycles. The smallest absolute Gasteiger partial charge is 0.107 e. The van der Waals surface area contributed by atoms with Crippen LogP contribution in [-0.2, 0) is 13.1 Å². The van der Waals surface area contributed by atoms with E-state index in [1.807, 2.05) is 7.05 Å². The van der Waals surface area contributed by atoms with Crippen LogP contribution in [0.4, 0.5) is 0 Å². The number of rotatable bonds is 7. The van der Waals surface area contributed by atoms with Gasteiger partial charge in [0.05, 0.1) is 5.69 Å². The Bertz CT molecular complexity index is 298. The number of nitrogens with one attached hydrogen (secondary N) is 1. The molecule has 0 bridgehead atoms. The molecule has 0 saturated carbocycles. The molecule has 1 heterocycles. The number of hydrogen-bond acceptors (Lipinski definition) is 5. The molecule has 1 N–H and O–H groups in total. The minimum absolute atomic E-state index is 0.867. The van der Waals surface area contributed by atoms with Crippen molar-refractivity contribution in [2.75, 3.05) is 41.3 Å². The van der Waals surface area contributed by atoms with E-state index in [4.69, 9.17) is 0 Å². The molecule has 0 unspecified atom stereocenters. The van der Waals surface area contributed by atoms with Gasteiger partial charge in [0, 0.05) is 31.6 Å². The third-order valence-electron chi connectivity index (χ3n) is 2.29. The van der Waals surface area contributed by atoms with Crippen LogP contribution in [0.1, 0.15) is 10.7 Å². The van der Waals surface area contributed by atoms with Gasteiger partial charge in [0.2, 0.25) is 0 Å². The van der Waals surface area contributed by atoms with Crippen molar-refractivity contribution in [3.63, 3.8) is 0 Å². The van der Waals surface area contributed by atoms with Gasteiger partial charge in [0.1, 0.15) is 5.01 Å². The highest BCUT2D eigenvalue weighted by Gasteiger charge is 2.05. The molecule has 0 aliphatic carbocycles. The molecule has 0 spiro atoms. The summed E-state index contributed by atoms with van der Waals surface area (Å²) in [4.78, 5) is 9.07. The minimum atomic E-state index is 0.867. The van der Waals surface area contributed by atoms with Gasteiger partial charge in [-0.25, -0.2) is 4.98 Å². The standard InChI is InChI=1S/C11H22N4S/c1-12-7-11-13-10(9-16-11)8-15(4)6-5-14(2)3/h9,12H,5-8H2,1-4H3. The predicted molar refractivity (Wildman–Crippen MR) is 69.8 cm³/mol. The lowest BCUT2D eigenvalue weighted by Crippen LogP contribution is -2.28. The second-order valence-electron chi connectivity index (χ2n) is 4.30. The highest BCUT2D eigenvalue weighted by atomic mass is 32.1. The van der Waals surface area contributed by atoms with Gasteiger partial charge in [0.15, 0.2) is 0 Å². The molecule has 92 valence electrons. The Morgan fingerprint density at radius 1 is 1.31 bits per heavy atom. The molecule has 16 heavy (non-hydrogen) atoms. The third kappa shape index (κ3) is 5.03. The minimum Gasteiger partial charge on any atom is -0.314 e. The van der Waals surface area contributed by atoms with Gasteiger partial charge in [0.25, 0.3) is 0 Å². The zero-order valence-electron chi connectivity index (χ0n) is 10.7. The van der Waals surface area contributed by atoms with Crippen molar-refractivity contribution >= 4 is 11.3 Å². The van der Waals surface area contributed by atoms with Gasteiger partial charge < -0.3 is 10.2 Å². The van der Waals surface area contributed by atoms with Crippen molar-refractivity contribution in [3.05, 3.63) is 16.1 Å². The van der Waals surface area contributed by atoms with Crippen LogP contribution in [-0.4, -0.2) is 56.1 Å². The zero-order valence-corrected chi connectivity index (χ0v) is 11.5. The molecule has 1 aromatic heterocycles. The molecule has 5 heteroatoms. The summed E-state index contributed by atoms with van der Waals surface area (Å²) in [7, 11) is 8.29. The van der Waals surface area contributed by atoms with Gasteiger partial charge in [-0.05, 0) is 28.2 Å². The Hall–Kier alpha value is -0.490. The first kappa shape index (κ1) is 13.6. The second-order valence-corrected chi connectivity index (χ2v) is 5.25. The van der Waals surface area contributed by atoms with Crippen LogP contribution in [0.5, 0.6) is 0 Å². The summed E-state index contributed by atoms with van der Waals surface area (Å²) in [6, 6.07) is 0. The predicted octanol–water partition coefficient (Wildman–Crippen LogP) is 0.856. The van der Waals surface area contributed by atoms with Crippen LogP contribution in [0.3, 0.4) is 0 Å². The zero-order chi connectivity index (χ0) is 12.0. The van der Waals surface area contributed by atoms with Crippen molar-refractivity contribution < 1.29 is 0 Å². The fourth-order valence-electron chi connectivity index (χ4n) is 1.38. The van der Waals surface area contributed by atoms with E-state index in [0.717, 1.165) is 26.2 Å². The van der Waals surface area contributed by atoms with Crippen molar-refractivity contribution in [1.29, 1.82) is 0 Å². The first-order valence-electron chi connectivity index (χ1n) is 5.53. The second kappa shape index (κ2) is 6.96. The normalized spacial score (nSPS) is 11.6.